The summed E-state index contributed by atoms with van der Waals surface area (Å²) in [6.45, 7) is 3.86. The molecule has 0 aliphatic carbocycles. The fraction of sp³-hybridized carbons (Fsp3) is 0.188. The lowest BCUT2D eigenvalue weighted by Gasteiger charge is -2.13. The van der Waals surface area contributed by atoms with Crippen LogP contribution in [0.25, 0.3) is 0 Å². The summed E-state index contributed by atoms with van der Waals surface area (Å²) in [5.74, 6) is -0.239. The minimum atomic E-state index is -0.292. The Morgan fingerprint density at radius 1 is 1.25 bits per heavy atom. The molecule has 3 N–H and O–H groups in total. The van der Waals surface area contributed by atoms with Gasteiger partial charge in [0.2, 0.25) is 0 Å². The Balaban J connectivity index is 2.55. The maximum atomic E-state index is 12.5. The molecule has 0 atom stereocenters. The van der Waals surface area contributed by atoms with Gasteiger partial charge in [0.25, 0.3) is 0 Å². The van der Waals surface area contributed by atoms with Crippen LogP contribution in [0, 0.1) is 0 Å². The van der Waals surface area contributed by atoms with Gasteiger partial charge in [0.15, 0.2) is 5.78 Å². The highest BCUT2D eigenvalue weighted by Gasteiger charge is 2.19. The zero-order valence-corrected chi connectivity index (χ0v) is 12.1. The molecule has 0 bridgehead atoms. The van der Waals surface area contributed by atoms with Crippen molar-refractivity contribution in [2.24, 2.45) is 0 Å². The number of anilines is 1. The number of hydrogen-bond acceptors (Lipinski definition) is 3. The summed E-state index contributed by atoms with van der Waals surface area (Å²) in [7, 11) is 0. The van der Waals surface area contributed by atoms with E-state index >= 15 is 0 Å². The molecule has 0 spiro atoms. The van der Waals surface area contributed by atoms with E-state index in [9.17, 15) is 9.90 Å². The van der Waals surface area contributed by atoms with Crippen LogP contribution in [0.3, 0.4) is 0 Å². The van der Waals surface area contributed by atoms with Crippen molar-refractivity contribution >= 4 is 23.1 Å². The Labute approximate surface area is 123 Å². The minimum Gasteiger partial charge on any atom is -0.507 e. The molecule has 3 nitrogen and oxygen atoms in total. The molecule has 4 heteroatoms. The average Bonchev–Trinajstić information content (AvgIpc) is 2.40. The predicted molar refractivity (Wildman–Crippen MR) is 81.5 cm³/mol. The highest BCUT2D eigenvalue weighted by atomic mass is 35.5. The van der Waals surface area contributed by atoms with E-state index in [0.29, 0.717) is 21.8 Å². The van der Waals surface area contributed by atoms with Crippen LogP contribution in [0.5, 0.6) is 5.75 Å². The number of hydrogen-bond donors (Lipinski definition) is 2. The van der Waals surface area contributed by atoms with Crippen LogP contribution in [0.2, 0.25) is 5.02 Å². The van der Waals surface area contributed by atoms with Crippen LogP contribution in [0.15, 0.2) is 36.4 Å². The molecule has 0 amide bonds. The van der Waals surface area contributed by atoms with Crippen molar-refractivity contribution in [1.29, 1.82) is 0 Å². The van der Waals surface area contributed by atoms with E-state index in [1.165, 1.54) is 6.07 Å². The standard InChI is InChI=1S/C16H16ClNO2/c1-9(2)13-7-11(17)8-14(16(13)20)15(19)10-4-3-5-12(18)6-10/h3-9,20H,18H2,1-2H3. The monoisotopic (exact) mass is 289 g/mol. The Hall–Kier alpha value is -2.00. The normalized spacial score (nSPS) is 10.8. The summed E-state index contributed by atoms with van der Waals surface area (Å²) < 4.78 is 0. The number of carbonyl (C=O) groups is 1. The van der Waals surface area contributed by atoms with Gasteiger partial charge in [-0.15, -0.1) is 0 Å². The van der Waals surface area contributed by atoms with Gasteiger partial charge in [-0.25, -0.2) is 0 Å². The number of benzene rings is 2. The quantitative estimate of drug-likeness (QED) is 0.663. The van der Waals surface area contributed by atoms with E-state index in [1.54, 1.807) is 30.3 Å². The Kier molecular flexibility index (Phi) is 4.00. The van der Waals surface area contributed by atoms with Crippen molar-refractivity contribution in [2.75, 3.05) is 5.73 Å². The predicted octanol–water partition coefficient (Wildman–Crippen LogP) is 3.98. The van der Waals surface area contributed by atoms with E-state index in [2.05, 4.69) is 0 Å². The first kappa shape index (κ1) is 14.4. The molecule has 0 saturated carbocycles. The number of carbonyl (C=O) groups excluding carboxylic acids is 1. The minimum absolute atomic E-state index is 0.0168. The van der Waals surface area contributed by atoms with E-state index in [0.717, 1.165) is 0 Å². The van der Waals surface area contributed by atoms with Crippen LogP contribution in [0.4, 0.5) is 5.69 Å². The number of nitrogen functional groups attached to an aromatic ring is 1. The molecule has 0 aliphatic heterocycles. The first-order valence-electron chi connectivity index (χ1n) is 6.32. The summed E-state index contributed by atoms with van der Waals surface area (Å²) in [6.07, 6.45) is 0. The number of nitrogens with two attached hydrogens (primary N) is 1. The third kappa shape index (κ3) is 2.78. The maximum Gasteiger partial charge on any atom is 0.196 e. The molecule has 2 aromatic rings. The second-order valence-electron chi connectivity index (χ2n) is 5.00. The van der Waals surface area contributed by atoms with Crippen molar-refractivity contribution < 1.29 is 9.90 Å². The highest BCUT2D eigenvalue weighted by Crippen LogP contribution is 2.33. The first-order chi connectivity index (χ1) is 9.40. The van der Waals surface area contributed by atoms with Gasteiger partial charge in [-0.05, 0) is 35.7 Å². The van der Waals surface area contributed by atoms with Crippen molar-refractivity contribution in [3.63, 3.8) is 0 Å². The number of rotatable bonds is 3. The molecule has 20 heavy (non-hydrogen) atoms. The van der Waals surface area contributed by atoms with Gasteiger partial charge in [-0.1, -0.05) is 37.6 Å². The first-order valence-corrected chi connectivity index (χ1v) is 6.70. The zero-order valence-electron chi connectivity index (χ0n) is 11.4. The van der Waals surface area contributed by atoms with E-state index in [-0.39, 0.29) is 23.0 Å². The lowest BCUT2D eigenvalue weighted by atomic mass is 9.95. The van der Waals surface area contributed by atoms with Gasteiger partial charge in [0, 0.05) is 16.3 Å². The molecule has 2 rings (SSSR count). The summed E-state index contributed by atoms with van der Waals surface area (Å²) in [6, 6.07) is 9.81. The molecule has 0 aliphatic rings. The molecule has 104 valence electrons. The van der Waals surface area contributed by atoms with Crippen LogP contribution >= 0.6 is 11.6 Å². The maximum absolute atomic E-state index is 12.5. The number of aromatic hydroxyl groups is 1. The molecule has 0 heterocycles. The fourth-order valence-electron chi connectivity index (χ4n) is 2.07. The van der Waals surface area contributed by atoms with Crippen molar-refractivity contribution in [3.05, 3.63) is 58.1 Å². The van der Waals surface area contributed by atoms with Crippen molar-refractivity contribution in [3.8, 4) is 5.75 Å². The molecule has 0 unspecified atom stereocenters. The van der Waals surface area contributed by atoms with Gasteiger partial charge >= 0.3 is 0 Å². The third-order valence-corrected chi connectivity index (χ3v) is 3.34. The smallest absolute Gasteiger partial charge is 0.196 e. The van der Waals surface area contributed by atoms with Crippen LogP contribution in [-0.4, -0.2) is 10.9 Å². The van der Waals surface area contributed by atoms with Crippen molar-refractivity contribution in [1.82, 2.24) is 0 Å². The van der Waals surface area contributed by atoms with Crippen LogP contribution in [0.1, 0.15) is 41.3 Å². The molecule has 0 fully saturated rings. The third-order valence-electron chi connectivity index (χ3n) is 3.12. The lowest BCUT2D eigenvalue weighted by Crippen LogP contribution is -2.04. The SMILES string of the molecule is CC(C)c1cc(Cl)cc(C(=O)c2cccc(N)c2)c1O. The Bertz CT molecular complexity index is 666. The van der Waals surface area contributed by atoms with Crippen LogP contribution in [-0.2, 0) is 0 Å². The lowest BCUT2D eigenvalue weighted by molar-refractivity contribution is 0.103. The second kappa shape index (κ2) is 5.55. The van der Waals surface area contributed by atoms with E-state index in [4.69, 9.17) is 17.3 Å². The van der Waals surface area contributed by atoms with Gasteiger partial charge in [-0.3, -0.25) is 4.79 Å². The number of halogens is 1. The molecule has 2 aromatic carbocycles. The topological polar surface area (TPSA) is 63.3 Å². The van der Waals surface area contributed by atoms with Gasteiger partial charge in [-0.2, -0.15) is 0 Å². The Morgan fingerprint density at radius 2 is 1.95 bits per heavy atom. The van der Waals surface area contributed by atoms with E-state index < -0.39 is 0 Å². The van der Waals surface area contributed by atoms with Gasteiger partial charge in [0.05, 0.1) is 5.56 Å². The summed E-state index contributed by atoms with van der Waals surface area (Å²) in [5.41, 5.74) is 7.47. The molecule has 0 radical (unpaired) electrons. The number of phenols is 1. The van der Waals surface area contributed by atoms with Crippen molar-refractivity contribution in [2.45, 2.75) is 19.8 Å². The molecule has 0 saturated heterocycles. The summed E-state index contributed by atoms with van der Waals surface area (Å²) >= 11 is 6.04. The zero-order chi connectivity index (χ0) is 14.9. The summed E-state index contributed by atoms with van der Waals surface area (Å²) in [4.78, 5) is 12.5. The Morgan fingerprint density at radius 3 is 2.55 bits per heavy atom. The second-order valence-corrected chi connectivity index (χ2v) is 5.44. The number of ketones is 1. The molecular formula is C16H16ClNO2. The van der Waals surface area contributed by atoms with Crippen LogP contribution < -0.4 is 5.73 Å². The van der Waals surface area contributed by atoms with E-state index in [1.807, 2.05) is 13.8 Å². The number of phenolic OH excluding ortho intramolecular Hbond substituents is 1. The van der Waals surface area contributed by atoms with Gasteiger partial charge in [0.1, 0.15) is 5.75 Å². The fourth-order valence-corrected chi connectivity index (χ4v) is 2.30. The van der Waals surface area contributed by atoms with Gasteiger partial charge < -0.3 is 10.8 Å². The highest BCUT2D eigenvalue weighted by molar-refractivity contribution is 6.31. The summed E-state index contributed by atoms with van der Waals surface area (Å²) in [5, 5.41) is 10.7. The molecular weight excluding hydrogens is 274 g/mol. The largest absolute Gasteiger partial charge is 0.507 e. The molecule has 0 aromatic heterocycles. The average molecular weight is 290 g/mol.